The minimum atomic E-state index is 0.754. The van der Waals surface area contributed by atoms with E-state index < -0.39 is 0 Å². The fourth-order valence-corrected chi connectivity index (χ4v) is 3.30. The Bertz CT molecular complexity index is 1040. The molecule has 0 spiro atoms. The fourth-order valence-electron chi connectivity index (χ4n) is 3.30. The lowest BCUT2D eigenvalue weighted by Gasteiger charge is -2.16. The molecular weight excluding hydrogens is 280 g/mol. The normalized spacial score (nSPS) is 11.2. The third-order valence-electron chi connectivity index (χ3n) is 4.42. The summed E-state index contributed by atoms with van der Waals surface area (Å²) in [6, 6.07) is 22.8. The van der Waals surface area contributed by atoms with Crippen LogP contribution in [0.15, 0.2) is 66.7 Å². The second-order valence-electron chi connectivity index (χ2n) is 6.01. The van der Waals surface area contributed by atoms with Crippen molar-refractivity contribution in [2.75, 3.05) is 11.5 Å². The van der Waals surface area contributed by atoms with Gasteiger partial charge < -0.3 is 11.5 Å². The first-order chi connectivity index (χ1) is 11.1. The summed E-state index contributed by atoms with van der Waals surface area (Å²) in [5.41, 5.74) is 17.5. The van der Waals surface area contributed by atoms with Crippen molar-refractivity contribution in [2.45, 2.75) is 6.92 Å². The molecule has 4 rings (SSSR count). The largest absolute Gasteiger partial charge is 0.398 e. The highest BCUT2D eigenvalue weighted by Crippen LogP contribution is 2.41. The van der Waals surface area contributed by atoms with Crippen LogP contribution in [-0.2, 0) is 0 Å². The van der Waals surface area contributed by atoms with Gasteiger partial charge in [-0.15, -0.1) is 0 Å². The molecule has 0 heterocycles. The molecule has 4 N–H and O–H groups in total. The van der Waals surface area contributed by atoms with E-state index in [1.165, 1.54) is 16.3 Å². The molecule has 0 radical (unpaired) electrons. The summed E-state index contributed by atoms with van der Waals surface area (Å²) >= 11 is 0. The lowest BCUT2D eigenvalue weighted by Crippen LogP contribution is -1.97. The SMILES string of the molecule is Cc1ccc2ccc(N)c(-c3c(N)ccc4ccccc34)c2c1. The molecular formula is C21H18N2. The highest BCUT2D eigenvalue weighted by molar-refractivity contribution is 6.12. The molecule has 0 aromatic heterocycles. The summed E-state index contributed by atoms with van der Waals surface area (Å²) in [5, 5.41) is 4.62. The van der Waals surface area contributed by atoms with E-state index in [-0.39, 0.29) is 0 Å². The predicted molar refractivity (Wildman–Crippen MR) is 100 cm³/mol. The van der Waals surface area contributed by atoms with Crippen LogP contribution >= 0.6 is 0 Å². The molecule has 0 aliphatic heterocycles. The van der Waals surface area contributed by atoms with Crippen LogP contribution in [0.4, 0.5) is 11.4 Å². The van der Waals surface area contributed by atoms with Gasteiger partial charge in [-0.05, 0) is 40.6 Å². The molecule has 0 saturated carbocycles. The van der Waals surface area contributed by atoms with Gasteiger partial charge in [0, 0.05) is 22.5 Å². The van der Waals surface area contributed by atoms with E-state index in [2.05, 4.69) is 49.4 Å². The zero-order valence-electron chi connectivity index (χ0n) is 13.0. The van der Waals surface area contributed by atoms with E-state index in [1.54, 1.807) is 0 Å². The van der Waals surface area contributed by atoms with E-state index in [0.29, 0.717) is 0 Å². The summed E-state index contributed by atoms with van der Waals surface area (Å²) < 4.78 is 0. The molecule has 2 heteroatoms. The molecule has 4 aromatic rings. The summed E-state index contributed by atoms with van der Waals surface area (Å²) in [6.45, 7) is 2.10. The van der Waals surface area contributed by atoms with Crippen LogP contribution in [0.5, 0.6) is 0 Å². The summed E-state index contributed by atoms with van der Waals surface area (Å²) in [5.74, 6) is 0. The molecule has 0 aliphatic rings. The first-order valence-corrected chi connectivity index (χ1v) is 7.71. The molecule has 2 nitrogen and oxygen atoms in total. The van der Waals surface area contributed by atoms with Crippen molar-refractivity contribution in [3.05, 3.63) is 72.3 Å². The summed E-state index contributed by atoms with van der Waals surface area (Å²) in [4.78, 5) is 0. The number of hydrogen-bond donors (Lipinski definition) is 2. The van der Waals surface area contributed by atoms with Crippen LogP contribution in [0.3, 0.4) is 0 Å². The van der Waals surface area contributed by atoms with Gasteiger partial charge >= 0.3 is 0 Å². The Morgan fingerprint density at radius 3 is 1.91 bits per heavy atom. The van der Waals surface area contributed by atoms with Crippen LogP contribution in [0, 0.1) is 6.92 Å². The van der Waals surface area contributed by atoms with E-state index in [1.807, 2.05) is 24.3 Å². The van der Waals surface area contributed by atoms with Gasteiger partial charge in [-0.3, -0.25) is 0 Å². The first-order valence-electron chi connectivity index (χ1n) is 7.71. The zero-order chi connectivity index (χ0) is 16.0. The number of anilines is 2. The van der Waals surface area contributed by atoms with Gasteiger partial charge in [0.05, 0.1) is 0 Å². The van der Waals surface area contributed by atoms with E-state index in [0.717, 1.165) is 33.3 Å². The standard InChI is InChI=1S/C21H18N2/c1-13-6-7-15-9-11-19(23)21(17(15)12-13)20-16-5-3-2-4-14(16)8-10-18(20)22/h2-12H,22-23H2,1H3. The van der Waals surface area contributed by atoms with Crippen molar-refractivity contribution in [1.82, 2.24) is 0 Å². The third-order valence-corrected chi connectivity index (χ3v) is 4.42. The first kappa shape index (κ1) is 13.6. The Morgan fingerprint density at radius 1 is 0.609 bits per heavy atom. The Labute approximate surface area is 135 Å². The second-order valence-corrected chi connectivity index (χ2v) is 6.01. The van der Waals surface area contributed by atoms with Gasteiger partial charge in [0.25, 0.3) is 0 Å². The Hall–Kier alpha value is -3.00. The van der Waals surface area contributed by atoms with Gasteiger partial charge in [-0.2, -0.15) is 0 Å². The average Bonchev–Trinajstić information content (AvgIpc) is 2.56. The Morgan fingerprint density at radius 2 is 1.17 bits per heavy atom. The van der Waals surface area contributed by atoms with Gasteiger partial charge in [0.1, 0.15) is 0 Å². The number of nitrogen functional groups attached to an aromatic ring is 2. The third kappa shape index (κ3) is 2.11. The molecule has 4 aromatic carbocycles. The van der Waals surface area contributed by atoms with E-state index >= 15 is 0 Å². The van der Waals surface area contributed by atoms with Crippen LogP contribution in [0.2, 0.25) is 0 Å². The number of hydrogen-bond acceptors (Lipinski definition) is 2. The predicted octanol–water partition coefficient (Wildman–Crippen LogP) is 5.13. The monoisotopic (exact) mass is 298 g/mol. The van der Waals surface area contributed by atoms with Crippen molar-refractivity contribution in [2.24, 2.45) is 0 Å². The van der Waals surface area contributed by atoms with Crippen LogP contribution in [0.1, 0.15) is 5.56 Å². The van der Waals surface area contributed by atoms with Crippen molar-refractivity contribution < 1.29 is 0 Å². The van der Waals surface area contributed by atoms with Crippen LogP contribution in [-0.4, -0.2) is 0 Å². The fraction of sp³-hybridized carbons (Fsp3) is 0.0476. The number of aryl methyl sites for hydroxylation is 1. The summed E-state index contributed by atoms with van der Waals surface area (Å²) in [6.07, 6.45) is 0. The highest BCUT2D eigenvalue weighted by atomic mass is 14.6. The molecule has 0 aliphatic carbocycles. The lowest BCUT2D eigenvalue weighted by atomic mass is 9.91. The minimum absolute atomic E-state index is 0.754. The molecule has 0 amide bonds. The van der Waals surface area contributed by atoms with Crippen LogP contribution in [0.25, 0.3) is 32.7 Å². The number of nitrogens with two attached hydrogens (primary N) is 2. The average molecular weight is 298 g/mol. The quantitative estimate of drug-likeness (QED) is 0.478. The number of benzene rings is 4. The van der Waals surface area contributed by atoms with Gasteiger partial charge in [-0.1, -0.05) is 60.2 Å². The maximum atomic E-state index is 6.37. The van der Waals surface area contributed by atoms with Gasteiger partial charge in [0.2, 0.25) is 0 Å². The van der Waals surface area contributed by atoms with Crippen molar-refractivity contribution in [1.29, 1.82) is 0 Å². The molecule has 112 valence electrons. The number of rotatable bonds is 1. The molecule has 0 bridgehead atoms. The van der Waals surface area contributed by atoms with Gasteiger partial charge in [0.15, 0.2) is 0 Å². The Balaban J connectivity index is 2.21. The van der Waals surface area contributed by atoms with E-state index in [9.17, 15) is 0 Å². The van der Waals surface area contributed by atoms with Crippen LogP contribution < -0.4 is 11.5 Å². The zero-order valence-corrected chi connectivity index (χ0v) is 13.0. The maximum absolute atomic E-state index is 6.37. The van der Waals surface area contributed by atoms with Crippen molar-refractivity contribution in [3.8, 4) is 11.1 Å². The second kappa shape index (κ2) is 5.03. The summed E-state index contributed by atoms with van der Waals surface area (Å²) in [7, 11) is 0. The highest BCUT2D eigenvalue weighted by Gasteiger charge is 2.14. The number of fused-ring (bicyclic) bond motifs is 2. The lowest BCUT2D eigenvalue weighted by molar-refractivity contribution is 1.50. The minimum Gasteiger partial charge on any atom is -0.398 e. The molecule has 0 unspecified atom stereocenters. The molecule has 0 fully saturated rings. The molecule has 0 saturated heterocycles. The Kier molecular flexibility index (Phi) is 2.98. The maximum Gasteiger partial charge on any atom is 0.0401 e. The smallest absolute Gasteiger partial charge is 0.0401 e. The van der Waals surface area contributed by atoms with Crippen molar-refractivity contribution >= 4 is 32.9 Å². The van der Waals surface area contributed by atoms with E-state index in [4.69, 9.17) is 11.5 Å². The topological polar surface area (TPSA) is 52.0 Å². The molecule has 23 heavy (non-hydrogen) atoms. The molecule has 0 atom stereocenters. The van der Waals surface area contributed by atoms with Crippen molar-refractivity contribution in [3.63, 3.8) is 0 Å². The van der Waals surface area contributed by atoms with Gasteiger partial charge in [-0.25, -0.2) is 0 Å².